The maximum absolute atomic E-state index is 5.49. The summed E-state index contributed by atoms with van der Waals surface area (Å²) in [5.74, 6) is 2.23. The van der Waals surface area contributed by atoms with Crippen LogP contribution in [-0.4, -0.2) is 39.8 Å². The van der Waals surface area contributed by atoms with Crippen molar-refractivity contribution in [3.05, 3.63) is 17.2 Å². The normalized spacial score (nSPS) is 15.3. The standard InChI is InChI=1S/C13H19NO3/c1-14-6-5-9-7-11(15-2)13(17-4)12(16-3)10(9)8-14/h7H,5-6,8H2,1-4H3. The molecule has 0 N–H and O–H groups in total. The molecule has 1 heterocycles. The van der Waals surface area contributed by atoms with Gasteiger partial charge < -0.3 is 19.1 Å². The van der Waals surface area contributed by atoms with E-state index in [1.807, 2.05) is 0 Å². The highest BCUT2D eigenvalue weighted by Crippen LogP contribution is 2.43. The fraction of sp³-hybridized carbons (Fsp3) is 0.538. The van der Waals surface area contributed by atoms with Gasteiger partial charge in [-0.15, -0.1) is 0 Å². The van der Waals surface area contributed by atoms with E-state index >= 15 is 0 Å². The number of benzene rings is 1. The lowest BCUT2D eigenvalue weighted by Gasteiger charge is -2.28. The lowest BCUT2D eigenvalue weighted by Crippen LogP contribution is -2.27. The van der Waals surface area contributed by atoms with Gasteiger partial charge in [0, 0.05) is 18.7 Å². The van der Waals surface area contributed by atoms with Gasteiger partial charge in [0.05, 0.1) is 21.3 Å². The van der Waals surface area contributed by atoms with Gasteiger partial charge in [-0.1, -0.05) is 0 Å². The van der Waals surface area contributed by atoms with Crippen LogP contribution in [0.3, 0.4) is 0 Å². The number of fused-ring (bicyclic) bond motifs is 1. The second kappa shape index (κ2) is 4.84. The zero-order valence-electron chi connectivity index (χ0n) is 10.9. The van der Waals surface area contributed by atoms with E-state index in [1.54, 1.807) is 21.3 Å². The average molecular weight is 237 g/mol. The number of ether oxygens (including phenoxy) is 3. The van der Waals surface area contributed by atoms with Crippen LogP contribution in [0, 0.1) is 0 Å². The first-order valence-electron chi connectivity index (χ1n) is 5.70. The van der Waals surface area contributed by atoms with Crippen molar-refractivity contribution in [1.82, 2.24) is 4.90 Å². The van der Waals surface area contributed by atoms with Crippen LogP contribution in [0.25, 0.3) is 0 Å². The van der Waals surface area contributed by atoms with E-state index in [1.165, 1.54) is 11.1 Å². The van der Waals surface area contributed by atoms with Gasteiger partial charge in [0.25, 0.3) is 0 Å². The summed E-state index contributed by atoms with van der Waals surface area (Å²) < 4.78 is 16.2. The monoisotopic (exact) mass is 237 g/mol. The van der Waals surface area contributed by atoms with Gasteiger partial charge in [-0.05, 0) is 25.1 Å². The van der Waals surface area contributed by atoms with Crippen LogP contribution >= 0.6 is 0 Å². The quantitative estimate of drug-likeness (QED) is 0.800. The van der Waals surface area contributed by atoms with E-state index in [0.717, 1.165) is 31.0 Å². The molecule has 2 rings (SSSR count). The van der Waals surface area contributed by atoms with Crippen molar-refractivity contribution in [2.75, 3.05) is 34.9 Å². The molecular formula is C13H19NO3. The Balaban J connectivity index is 2.58. The Morgan fingerprint density at radius 3 is 2.35 bits per heavy atom. The molecule has 4 heteroatoms. The third kappa shape index (κ3) is 2.05. The first-order valence-corrected chi connectivity index (χ1v) is 5.70. The Morgan fingerprint density at radius 1 is 1.06 bits per heavy atom. The van der Waals surface area contributed by atoms with Gasteiger partial charge in [0.1, 0.15) is 0 Å². The van der Waals surface area contributed by atoms with Crippen molar-refractivity contribution in [1.29, 1.82) is 0 Å². The number of rotatable bonds is 3. The third-order valence-corrected chi connectivity index (χ3v) is 3.22. The van der Waals surface area contributed by atoms with Crippen LogP contribution in [0.1, 0.15) is 11.1 Å². The molecule has 0 unspecified atom stereocenters. The van der Waals surface area contributed by atoms with Crippen LogP contribution in [0.2, 0.25) is 0 Å². The average Bonchev–Trinajstić information content (AvgIpc) is 2.36. The van der Waals surface area contributed by atoms with E-state index in [2.05, 4.69) is 18.0 Å². The predicted molar refractivity (Wildman–Crippen MR) is 66.1 cm³/mol. The highest BCUT2D eigenvalue weighted by Gasteiger charge is 2.24. The van der Waals surface area contributed by atoms with Crippen molar-refractivity contribution in [3.63, 3.8) is 0 Å². The number of nitrogens with zero attached hydrogens (tertiary/aromatic N) is 1. The highest BCUT2D eigenvalue weighted by molar-refractivity contribution is 5.59. The van der Waals surface area contributed by atoms with Gasteiger partial charge in [0.2, 0.25) is 5.75 Å². The third-order valence-electron chi connectivity index (χ3n) is 3.22. The lowest BCUT2D eigenvalue weighted by molar-refractivity contribution is 0.286. The molecule has 0 saturated carbocycles. The van der Waals surface area contributed by atoms with E-state index in [9.17, 15) is 0 Å². The molecule has 1 aliphatic heterocycles. The van der Waals surface area contributed by atoms with Gasteiger partial charge in [0.15, 0.2) is 11.5 Å². The molecule has 0 fully saturated rings. The Kier molecular flexibility index (Phi) is 3.43. The topological polar surface area (TPSA) is 30.9 Å². The summed E-state index contributed by atoms with van der Waals surface area (Å²) in [5, 5.41) is 0. The minimum Gasteiger partial charge on any atom is -0.493 e. The fourth-order valence-electron chi connectivity index (χ4n) is 2.32. The van der Waals surface area contributed by atoms with Crippen molar-refractivity contribution in [2.24, 2.45) is 0 Å². The second-order valence-corrected chi connectivity index (χ2v) is 4.27. The lowest BCUT2D eigenvalue weighted by atomic mass is 9.98. The number of methoxy groups -OCH3 is 3. The summed E-state index contributed by atoms with van der Waals surface area (Å²) in [6.45, 7) is 1.95. The molecular weight excluding hydrogens is 218 g/mol. The van der Waals surface area contributed by atoms with Gasteiger partial charge in [-0.3, -0.25) is 0 Å². The Hall–Kier alpha value is -1.42. The smallest absolute Gasteiger partial charge is 0.203 e. The molecule has 1 aromatic carbocycles. The molecule has 0 amide bonds. The largest absolute Gasteiger partial charge is 0.493 e. The molecule has 0 spiro atoms. The van der Waals surface area contributed by atoms with E-state index in [-0.39, 0.29) is 0 Å². The number of likely N-dealkylation sites (N-methyl/N-ethyl adjacent to an activating group) is 1. The minimum atomic E-state index is 0.684. The van der Waals surface area contributed by atoms with E-state index < -0.39 is 0 Å². The fourth-order valence-corrected chi connectivity index (χ4v) is 2.32. The summed E-state index contributed by atoms with van der Waals surface area (Å²) in [5.41, 5.74) is 2.50. The zero-order valence-corrected chi connectivity index (χ0v) is 10.9. The Bertz CT molecular complexity index is 418. The molecule has 1 aliphatic rings. The van der Waals surface area contributed by atoms with Crippen molar-refractivity contribution < 1.29 is 14.2 Å². The van der Waals surface area contributed by atoms with Crippen LogP contribution in [0.15, 0.2) is 6.07 Å². The van der Waals surface area contributed by atoms with E-state index in [0.29, 0.717) is 5.75 Å². The summed E-state index contributed by atoms with van der Waals surface area (Å²) in [6, 6.07) is 2.06. The van der Waals surface area contributed by atoms with Crippen LogP contribution < -0.4 is 14.2 Å². The van der Waals surface area contributed by atoms with Gasteiger partial charge in [-0.25, -0.2) is 0 Å². The molecule has 0 atom stereocenters. The number of hydrogen-bond acceptors (Lipinski definition) is 4. The first-order chi connectivity index (χ1) is 8.21. The van der Waals surface area contributed by atoms with Crippen molar-refractivity contribution in [2.45, 2.75) is 13.0 Å². The molecule has 0 aromatic heterocycles. The maximum atomic E-state index is 5.49. The molecule has 0 bridgehead atoms. The molecule has 4 nitrogen and oxygen atoms in total. The van der Waals surface area contributed by atoms with Crippen molar-refractivity contribution >= 4 is 0 Å². The Labute approximate surface area is 102 Å². The molecule has 94 valence electrons. The summed E-state index contributed by atoms with van der Waals surface area (Å²) in [6.07, 6.45) is 1.02. The molecule has 0 saturated heterocycles. The van der Waals surface area contributed by atoms with Gasteiger partial charge >= 0.3 is 0 Å². The van der Waals surface area contributed by atoms with E-state index in [4.69, 9.17) is 14.2 Å². The zero-order chi connectivity index (χ0) is 12.4. The maximum Gasteiger partial charge on any atom is 0.203 e. The summed E-state index contributed by atoms with van der Waals surface area (Å²) in [7, 11) is 7.07. The Morgan fingerprint density at radius 2 is 1.76 bits per heavy atom. The van der Waals surface area contributed by atoms with Gasteiger partial charge in [-0.2, -0.15) is 0 Å². The number of hydrogen-bond donors (Lipinski definition) is 0. The molecule has 17 heavy (non-hydrogen) atoms. The van der Waals surface area contributed by atoms with Crippen LogP contribution in [-0.2, 0) is 13.0 Å². The second-order valence-electron chi connectivity index (χ2n) is 4.27. The van der Waals surface area contributed by atoms with Crippen LogP contribution in [0.5, 0.6) is 17.2 Å². The summed E-state index contributed by atoms with van der Waals surface area (Å²) in [4.78, 5) is 2.27. The van der Waals surface area contributed by atoms with Crippen molar-refractivity contribution in [3.8, 4) is 17.2 Å². The van der Waals surface area contributed by atoms with Crippen LogP contribution in [0.4, 0.5) is 0 Å². The minimum absolute atomic E-state index is 0.684. The predicted octanol–water partition coefficient (Wildman–Crippen LogP) is 1.70. The highest BCUT2D eigenvalue weighted by atomic mass is 16.5. The molecule has 0 aliphatic carbocycles. The molecule has 1 aromatic rings. The molecule has 0 radical (unpaired) electrons. The SMILES string of the molecule is COc1cc2c(c(OC)c1OC)CN(C)CC2. The first kappa shape index (κ1) is 12.0. The summed E-state index contributed by atoms with van der Waals surface area (Å²) >= 11 is 0.